The highest BCUT2D eigenvalue weighted by molar-refractivity contribution is 7.47. The maximum absolute atomic E-state index is 12.9. The molecular weight excluding hydrogens is 976 g/mol. The van der Waals surface area contributed by atoms with Gasteiger partial charge < -0.3 is 24.2 Å². The Kier molecular flexibility index (Phi) is 54.8. The summed E-state index contributed by atoms with van der Waals surface area (Å²) in [6.45, 7) is 4.39. The average molecular weight is 1090 g/mol. The van der Waals surface area contributed by atoms with Crippen LogP contribution in [-0.2, 0) is 42.2 Å². The fourth-order valence-electron chi connectivity index (χ4n) is 7.90. The third-order valence-corrected chi connectivity index (χ3v) is 13.4. The number of aliphatic hydroxyl groups is 1. The Morgan fingerprint density at radius 1 is 0.382 bits per heavy atom. The standard InChI is InChI=1S/C64H109O11P/c1-4-7-10-13-16-19-22-25-27-29-30-32-33-36-38-41-44-47-50-53-62(66)71-57-61(75-64(68)55-52-49-46-43-40-37-34-31-28-26-23-20-17-14-11-8-5-2)59-73-76(69,70)72-58-60(56-65)74-63(67)54-51-48-45-42-39-35-24-21-18-15-12-9-6-3/h8,11-12,15,17,20-21,24-28,34,37,43,46,60-61,65H,4-7,9-10,13-14,16,18-19,22-23,29-33,35-36,38-42,44-45,47-59H2,1-3H3,(H,69,70)/b11-8-,15-12-,20-17-,24-21-,27-25-,28-26-,37-34-,46-43-. The number of carbonyl (C=O) groups is 3. The topological polar surface area (TPSA) is 155 Å². The van der Waals surface area contributed by atoms with Crippen molar-refractivity contribution in [2.24, 2.45) is 0 Å². The zero-order valence-corrected chi connectivity index (χ0v) is 49.1. The van der Waals surface area contributed by atoms with Gasteiger partial charge in [-0.05, 0) is 109 Å². The first kappa shape index (κ1) is 72.4. The fourth-order valence-corrected chi connectivity index (χ4v) is 8.68. The van der Waals surface area contributed by atoms with E-state index in [9.17, 15) is 28.9 Å². The lowest BCUT2D eigenvalue weighted by molar-refractivity contribution is -0.161. The van der Waals surface area contributed by atoms with Crippen molar-refractivity contribution >= 4 is 25.7 Å². The van der Waals surface area contributed by atoms with E-state index in [0.717, 1.165) is 103 Å². The predicted octanol–water partition coefficient (Wildman–Crippen LogP) is 18.0. The number of esters is 3. The van der Waals surface area contributed by atoms with Crippen LogP contribution in [0.1, 0.15) is 252 Å². The van der Waals surface area contributed by atoms with E-state index >= 15 is 0 Å². The summed E-state index contributed by atoms with van der Waals surface area (Å²) in [5.41, 5.74) is 0. The van der Waals surface area contributed by atoms with Crippen LogP contribution in [0.25, 0.3) is 0 Å². The van der Waals surface area contributed by atoms with Crippen LogP contribution >= 0.6 is 7.82 Å². The van der Waals surface area contributed by atoms with Gasteiger partial charge in [-0.3, -0.25) is 23.4 Å². The van der Waals surface area contributed by atoms with Gasteiger partial charge >= 0.3 is 25.7 Å². The summed E-state index contributed by atoms with van der Waals surface area (Å²) < 4.78 is 39.5. The molecule has 0 rings (SSSR count). The van der Waals surface area contributed by atoms with Crippen molar-refractivity contribution in [1.29, 1.82) is 0 Å². The van der Waals surface area contributed by atoms with E-state index in [1.807, 2.05) is 12.2 Å². The minimum absolute atomic E-state index is 0.0847. The maximum atomic E-state index is 12.9. The average Bonchev–Trinajstić information content (AvgIpc) is 3.41. The summed E-state index contributed by atoms with van der Waals surface area (Å²) in [6.07, 6.45) is 68.0. The lowest BCUT2D eigenvalue weighted by atomic mass is 10.1. The molecule has 0 aliphatic rings. The van der Waals surface area contributed by atoms with Gasteiger partial charge in [0.15, 0.2) is 6.10 Å². The van der Waals surface area contributed by atoms with E-state index in [4.69, 9.17) is 23.3 Å². The number of phosphoric ester groups is 1. The normalized spacial score (nSPS) is 14.0. The van der Waals surface area contributed by atoms with Crippen LogP contribution in [0.2, 0.25) is 0 Å². The summed E-state index contributed by atoms with van der Waals surface area (Å²) in [7, 11) is -4.77. The van der Waals surface area contributed by atoms with Crippen molar-refractivity contribution in [3.05, 3.63) is 97.2 Å². The van der Waals surface area contributed by atoms with Gasteiger partial charge in [0, 0.05) is 19.3 Å². The van der Waals surface area contributed by atoms with Crippen LogP contribution in [0.15, 0.2) is 97.2 Å². The Balaban J connectivity index is 4.80. The lowest BCUT2D eigenvalue weighted by Crippen LogP contribution is -2.30. The predicted molar refractivity (Wildman–Crippen MR) is 316 cm³/mol. The van der Waals surface area contributed by atoms with E-state index in [1.165, 1.54) is 83.5 Å². The van der Waals surface area contributed by atoms with Gasteiger partial charge in [-0.2, -0.15) is 0 Å². The molecule has 0 radical (unpaired) electrons. The second kappa shape index (κ2) is 57.6. The van der Waals surface area contributed by atoms with Gasteiger partial charge in [0.2, 0.25) is 0 Å². The molecule has 0 saturated heterocycles. The highest BCUT2D eigenvalue weighted by atomic mass is 31.2. The maximum Gasteiger partial charge on any atom is 0.472 e. The Labute approximate surface area is 463 Å². The number of rotatable bonds is 55. The molecule has 0 aromatic carbocycles. The second-order valence-corrected chi connectivity index (χ2v) is 21.2. The summed E-state index contributed by atoms with van der Waals surface area (Å²) in [5, 5.41) is 9.81. The number of hydrogen-bond donors (Lipinski definition) is 2. The van der Waals surface area contributed by atoms with Gasteiger partial charge in [0.05, 0.1) is 19.8 Å². The van der Waals surface area contributed by atoms with Gasteiger partial charge in [-0.25, -0.2) is 4.57 Å². The minimum atomic E-state index is -4.77. The molecule has 0 heterocycles. The van der Waals surface area contributed by atoms with Crippen molar-refractivity contribution in [3.63, 3.8) is 0 Å². The molecule has 0 spiro atoms. The Bertz CT molecular complexity index is 1640. The first-order valence-electron chi connectivity index (χ1n) is 30.1. The molecular formula is C64H109O11P. The Morgan fingerprint density at radius 2 is 0.724 bits per heavy atom. The third kappa shape index (κ3) is 55.2. The van der Waals surface area contributed by atoms with E-state index < -0.39 is 57.8 Å². The fraction of sp³-hybridized carbons (Fsp3) is 0.703. The largest absolute Gasteiger partial charge is 0.472 e. The van der Waals surface area contributed by atoms with Crippen molar-refractivity contribution in [3.8, 4) is 0 Å². The van der Waals surface area contributed by atoms with Crippen LogP contribution in [0, 0.1) is 0 Å². The number of aliphatic hydroxyl groups excluding tert-OH is 1. The molecule has 11 nitrogen and oxygen atoms in total. The van der Waals surface area contributed by atoms with Crippen molar-refractivity contribution in [2.75, 3.05) is 26.4 Å². The van der Waals surface area contributed by atoms with Crippen LogP contribution in [0.3, 0.4) is 0 Å². The molecule has 0 fully saturated rings. The molecule has 0 aliphatic carbocycles. The van der Waals surface area contributed by atoms with Gasteiger partial charge in [-0.1, -0.05) is 221 Å². The first-order valence-corrected chi connectivity index (χ1v) is 31.6. The molecule has 0 saturated carbocycles. The van der Waals surface area contributed by atoms with Gasteiger partial charge in [0.25, 0.3) is 0 Å². The van der Waals surface area contributed by atoms with Crippen molar-refractivity contribution in [2.45, 2.75) is 264 Å². The SMILES string of the molecule is CC/C=C\C/C=C\C/C=C\C/C=C\C/C=C\CCCC(=O)OC(COC(=O)CCCCCCCCCCC/C=C\CCCCCCCC)COP(=O)(O)OCC(CO)OC(=O)CCCCCCC/C=C\C/C=C\CCC. The summed E-state index contributed by atoms with van der Waals surface area (Å²) in [4.78, 5) is 48.6. The number of carbonyl (C=O) groups excluding carboxylic acids is 3. The van der Waals surface area contributed by atoms with E-state index in [2.05, 4.69) is 106 Å². The summed E-state index contributed by atoms with van der Waals surface area (Å²) in [6, 6.07) is 0. The van der Waals surface area contributed by atoms with E-state index in [0.29, 0.717) is 25.7 Å². The summed E-state index contributed by atoms with van der Waals surface area (Å²) in [5.74, 6) is -1.55. The van der Waals surface area contributed by atoms with E-state index in [-0.39, 0.29) is 25.9 Å². The number of ether oxygens (including phenoxy) is 3. The van der Waals surface area contributed by atoms with Crippen LogP contribution in [0.4, 0.5) is 0 Å². The number of hydrogen-bond acceptors (Lipinski definition) is 10. The highest BCUT2D eigenvalue weighted by Crippen LogP contribution is 2.43. The lowest BCUT2D eigenvalue weighted by Gasteiger charge is -2.21. The Morgan fingerprint density at radius 3 is 1.17 bits per heavy atom. The van der Waals surface area contributed by atoms with Gasteiger partial charge in [-0.15, -0.1) is 0 Å². The zero-order valence-electron chi connectivity index (χ0n) is 48.2. The van der Waals surface area contributed by atoms with Crippen LogP contribution in [-0.4, -0.2) is 66.5 Å². The first-order chi connectivity index (χ1) is 37.2. The van der Waals surface area contributed by atoms with Gasteiger partial charge in [0.1, 0.15) is 12.7 Å². The molecule has 0 aromatic rings. The molecule has 2 N–H and O–H groups in total. The molecule has 0 bridgehead atoms. The summed E-state index contributed by atoms with van der Waals surface area (Å²) >= 11 is 0. The smallest absolute Gasteiger partial charge is 0.462 e. The molecule has 436 valence electrons. The van der Waals surface area contributed by atoms with Crippen LogP contribution < -0.4 is 0 Å². The number of phosphoric acid groups is 1. The molecule has 0 amide bonds. The second-order valence-electron chi connectivity index (χ2n) is 19.8. The molecule has 76 heavy (non-hydrogen) atoms. The quantitative estimate of drug-likeness (QED) is 0.0197. The monoisotopic (exact) mass is 1080 g/mol. The molecule has 3 atom stereocenters. The Hall–Kier alpha value is -3.60. The molecule has 0 aliphatic heterocycles. The third-order valence-electron chi connectivity index (χ3n) is 12.4. The van der Waals surface area contributed by atoms with Crippen molar-refractivity contribution < 1.29 is 52.2 Å². The highest BCUT2D eigenvalue weighted by Gasteiger charge is 2.28. The van der Waals surface area contributed by atoms with Crippen LogP contribution in [0.5, 0.6) is 0 Å². The molecule has 0 aromatic heterocycles. The number of unbranched alkanes of at least 4 members (excludes halogenated alkanes) is 22. The van der Waals surface area contributed by atoms with E-state index in [1.54, 1.807) is 0 Å². The minimum Gasteiger partial charge on any atom is -0.462 e. The number of allylic oxidation sites excluding steroid dienone is 16. The van der Waals surface area contributed by atoms with Crippen molar-refractivity contribution in [1.82, 2.24) is 0 Å². The molecule has 12 heteroatoms. The molecule has 3 unspecified atom stereocenters. The zero-order chi connectivity index (χ0) is 55.5.